The Kier molecular flexibility index (Phi) is 3.60. The number of hydrogen-bond acceptors (Lipinski definition) is 3. The summed E-state index contributed by atoms with van der Waals surface area (Å²) in [6.45, 7) is 3.84. The highest BCUT2D eigenvalue weighted by molar-refractivity contribution is 7.99. The van der Waals surface area contributed by atoms with E-state index in [1.807, 2.05) is 48.5 Å². The van der Waals surface area contributed by atoms with Crippen molar-refractivity contribution in [1.82, 2.24) is 14.4 Å². The smallest absolute Gasteiger partial charge is 0.236 e. The van der Waals surface area contributed by atoms with E-state index in [2.05, 4.69) is 34.2 Å². The van der Waals surface area contributed by atoms with E-state index in [0.717, 1.165) is 38.8 Å². The number of thioether (sulfide) groups is 1. The summed E-state index contributed by atoms with van der Waals surface area (Å²) in [7, 11) is 0. The molecule has 112 valence electrons. The van der Waals surface area contributed by atoms with E-state index in [4.69, 9.17) is 4.98 Å². The molecule has 23 heavy (non-hydrogen) atoms. The zero-order valence-corrected chi connectivity index (χ0v) is 13.3. The fourth-order valence-electron chi connectivity index (χ4n) is 2.66. The zero-order chi connectivity index (χ0) is 15.6. The Balaban J connectivity index is 2.04. The van der Waals surface area contributed by atoms with Crippen molar-refractivity contribution >= 4 is 28.6 Å². The minimum atomic E-state index is 0.747. The Hall–Kier alpha value is -2.59. The van der Waals surface area contributed by atoms with Crippen LogP contribution in [0, 0.1) is 0 Å². The average molecular weight is 317 g/mol. The fraction of sp³-hybridized carbons (Fsp3) is 0.0526. The summed E-state index contributed by atoms with van der Waals surface area (Å²) < 4.78 is 2.14. The van der Waals surface area contributed by atoms with Crippen molar-refractivity contribution in [3.63, 3.8) is 0 Å². The number of imidazole rings is 2. The van der Waals surface area contributed by atoms with Gasteiger partial charge in [0, 0.05) is 11.3 Å². The lowest BCUT2D eigenvalue weighted by Gasteiger charge is -2.03. The van der Waals surface area contributed by atoms with Crippen LogP contribution in [0.25, 0.3) is 28.1 Å². The molecule has 2 aromatic heterocycles. The van der Waals surface area contributed by atoms with Gasteiger partial charge < -0.3 is 0 Å². The Morgan fingerprint density at radius 3 is 2.48 bits per heavy atom. The number of benzene rings is 1. The molecule has 0 amide bonds. The third-order valence-corrected chi connectivity index (χ3v) is 4.71. The van der Waals surface area contributed by atoms with E-state index in [0.29, 0.717) is 0 Å². The molecule has 4 heteroatoms. The minimum Gasteiger partial charge on any atom is -0.269 e. The normalized spacial score (nSPS) is 11.1. The number of rotatable bonds is 4. The lowest BCUT2D eigenvalue weighted by molar-refractivity contribution is 1.11. The van der Waals surface area contributed by atoms with Gasteiger partial charge >= 0.3 is 0 Å². The number of hydrogen-bond donors (Lipinski definition) is 0. The molecule has 4 rings (SSSR count). The molecule has 0 N–H and O–H groups in total. The van der Waals surface area contributed by atoms with Gasteiger partial charge in [0.2, 0.25) is 5.78 Å². The van der Waals surface area contributed by atoms with E-state index >= 15 is 0 Å². The molecule has 0 saturated carbocycles. The Morgan fingerprint density at radius 2 is 1.70 bits per heavy atom. The topological polar surface area (TPSA) is 30.2 Å². The van der Waals surface area contributed by atoms with Gasteiger partial charge in [-0.2, -0.15) is 0 Å². The summed E-state index contributed by atoms with van der Waals surface area (Å²) in [5.41, 5.74) is 4.12. The van der Waals surface area contributed by atoms with Crippen molar-refractivity contribution in [2.45, 2.75) is 5.03 Å². The molecule has 0 saturated heterocycles. The summed E-state index contributed by atoms with van der Waals surface area (Å²) in [4.78, 5) is 9.47. The Bertz CT molecular complexity index is 990. The van der Waals surface area contributed by atoms with Crippen LogP contribution >= 0.6 is 11.8 Å². The first-order valence-corrected chi connectivity index (χ1v) is 8.43. The molecule has 2 aromatic carbocycles. The molecule has 0 aliphatic rings. The molecule has 0 fully saturated rings. The second kappa shape index (κ2) is 5.89. The van der Waals surface area contributed by atoms with Crippen LogP contribution in [0.1, 0.15) is 0 Å². The van der Waals surface area contributed by atoms with Gasteiger partial charge in [-0.3, -0.25) is 4.40 Å². The molecule has 0 aliphatic heterocycles. The van der Waals surface area contributed by atoms with Crippen molar-refractivity contribution in [2.75, 3.05) is 5.75 Å². The predicted octanol–water partition coefficient (Wildman–Crippen LogP) is 4.83. The van der Waals surface area contributed by atoms with Crippen molar-refractivity contribution in [1.29, 1.82) is 0 Å². The van der Waals surface area contributed by atoms with Crippen molar-refractivity contribution < 1.29 is 0 Å². The molecule has 3 nitrogen and oxygen atoms in total. The van der Waals surface area contributed by atoms with E-state index in [1.165, 1.54) is 0 Å². The summed E-state index contributed by atoms with van der Waals surface area (Å²) in [6, 6.07) is 20.4. The van der Waals surface area contributed by atoms with Crippen LogP contribution < -0.4 is 0 Å². The first-order chi connectivity index (χ1) is 11.4. The third kappa shape index (κ3) is 2.41. The molecular formula is C19H15N3S. The molecule has 0 atom stereocenters. The van der Waals surface area contributed by atoms with Gasteiger partial charge in [0.05, 0.1) is 11.0 Å². The molecular weight excluding hydrogens is 302 g/mol. The molecule has 4 aromatic rings. The first-order valence-electron chi connectivity index (χ1n) is 7.45. The minimum absolute atomic E-state index is 0.747. The van der Waals surface area contributed by atoms with Crippen LogP contribution in [0.4, 0.5) is 0 Å². The van der Waals surface area contributed by atoms with Crippen LogP contribution in [0.2, 0.25) is 0 Å². The summed E-state index contributed by atoms with van der Waals surface area (Å²) in [6.07, 6.45) is 1.91. The van der Waals surface area contributed by atoms with E-state index < -0.39 is 0 Å². The lowest BCUT2D eigenvalue weighted by Crippen LogP contribution is -1.86. The maximum Gasteiger partial charge on any atom is 0.236 e. The van der Waals surface area contributed by atoms with Gasteiger partial charge in [-0.15, -0.1) is 18.3 Å². The van der Waals surface area contributed by atoms with Gasteiger partial charge in [-0.25, -0.2) is 9.97 Å². The van der Waals surface area contributed by atoms with Crippen LogP contribution in [-0.4, -0.2) is 20.1 Å². The third-order valence-electron chi connectivity index (χ3n) is 3.66. The van der Waals surface area contributed by atoms with Gasteiger partial charge in [-0.1, -0.05) is 54.6 Å². The maximum atomic E-state index is 4.79. The summed E-state index contributed by atoms with van der Waals surface area (Å²) in [5.74, 6) is 1.58. The van der Waals surface area contributed by atoms with Crippen molar-refractivity contribution in [3.05, 3.63) is 73.3 Å². The Labute approximate surface area is 138 Å². The highest BCUT2D eigenvalue weighted by atomic mass is 32.2. The summed E-state index contributed by atoms with van der Waals surface area (Å²) >= 11 is 1.74. The molecule has 0 spiro atoms. The van der Waals surface area contributed by atoms with Gasteiger partial charge in [0.1, 0.15) is 10.7 Å². The van der Waals surface area contributed by atoms with E-state index in [-0.39, 0.29) is 0 Å². The zero-order valence-electron chi connectivity index (χ0n) is 12.5. The molecule has 2 heterocycles. The maximum absolute atomic E-state index is 4.79. The number of fused-ring (bicyclic) bond motifs is 3. The highest BCUT2D eigenvalue weighted by Gasteiger charge is 2.18. The Morgan fingerprint density at radius 1 is 0.957 bits per heavy atom. The van der Waals surface area contributed by atoms with E-state index in [1.54, 1.807) is 11.8 Å². The molecule has 0 unspecified atom stereocenters. The number of nitrogens with zero attached hydrogens (tertiary/aromatic N) is 3. The summed E-state index contributed by atoms with van der Waals surface area (Å²) in [5, 5.41) is 1.11. The first kappa shape index (κ1) is 14.0. The van der Waals surface area contributed by atoms with Crippen molar-refractivity contribution in [2.24, 2.45) is 0 Å². The predicted molar refractivity (Wildman–Crippen MR) is 96.9 cm³/mol. The van der Waals surface area contributed by atoms with Crippen LogP contribution in [-0.2, 0) is 0 Å². The van der Waals surface area contributed by atoms with Crippen LogP contribution in [0.5, 0.6) is 0 Å². The highest BCUT2D eigenvalue weighted by Crippen LogP contribution is 2.34. The molecule has 0 bridgehead atoms. The molecule has 0 aliphatic carbocycles. The van der Waals surface area contributed by atoms with Gasteiger partial charge in [0.25, 0.3) is 0 Å². The lowest BCUT2D eigenvalue weighted by atomic mass is 10.2. The number of aromatic nitrogens is 3. The SMILES string of the molecule is C=CCSc1c(-c2ccccc2)nc2nc3cccccc3n12. The average Bonchev–Trinajstić information content (AvgIpc) is 3.01. The van der Waals surface area contributed by atoms with Gasteiger partial charge in [-0.05, 0) is 12.1 Å². The van der Waals surface area contributed by atoms with Crippen LogP contribution in [0.15, 0.2) is 78.3 Å². The van der Waals surface area contributed by atoms with E-state index in [9.17, 15) is 0 Å². The molecule has 0 radical (unpaired) electrons. The van der Waals surface area contributed by atoms with Crippen LogP contribution in [0.3, 0.4) is 0 Å². The monoisotopic (exact) mass is 317 g/mol. The van der Waals surface area contributed by atoms with Gasteiger partial charge in [0.15, 0.2) is 0 Å². The van der Waals surface area contributed by atoms with Crippen molar-refractivity contribution in [3.8, 4) is 11.3 Å². The largest absolute Gasteiger partial charge is 0.269 e. The second-order valence-corrected chi connectivity index (χ2v) is 6.17. The fourth-order valence-corrected chi connectivity index (χ4v) is 3.55. The quantitative estimate of drug-likeness (QED) is 0.399. The standard InChI is InChI=1S/C19H15N3S/c1-2-13-23-18-17(14-9-5-3-6-10-14)21-19-20-15-11-7-4-8-12-16(15)22(18)19/h2-12H,1,13H2. The second-order valence-electron chi connectivity index (χ2n) is 5.16.